The van der Waals surface area contributed by atoms with Gasteiger partial charge in [-0.3, -0.25) is 4.79 Å². The molecule has 0 saturated carbocycles. The summed E-state index contributed by atoms with van der Waals surface area (Å²) in [5.41, 5.74) is 0.485. The first kappa shape index (κ1) is 23.0. The minimum atomic E-state index is -1.10. The van der Waals surface area contributed by atoms with Crippen molar-refractivity contribution in [3.63, 3.8) is 0 Å². The highest BCUT2D eigenvalue weighted by atomic mass is 16.5. The molecule has 0 atom stereocenters. The molecule has 0 aliphatic rings. The molecule has 0 amide bonds. The summed E-state index contributed by atoms with van der Waals surface area (Å²) in [6, 6.07) is 3.14. The van der Waals surface area contributed by atoms with Gasteiger partial charge in [-0.2, -0.15) is 0 Å². The van der Waals surface area contributed by atoms with Crippen LogP contribution in [0.25, 0.3) is 0 Å². The van der Waals surface area contributed by atoms with Crippen LogP contribution in [-0.4, -0.2) is 31.1 Å². The third-order valence-corrected chi connectivity index (χ3v) is 4.77. The topological polar surface area (TPSA) is 72.8 Å². The van der Waals surface area contributed by atoms with E-state index in [-0.39, 0.29) is 23.5 Å². The Hall–Kier alpha value is -2.04. The first-order valence-corrected chi connectivity index (χ1v) is 10.0. The molecular formula is C22H34O5. The smallest absolute Gasteiger partial charge is 0.339 e. The Labute approximate surface area is 163 Å². The molecule has 0 aliphatic carbocycles. The Balaban J connectivity index is 2.46. The molecule has 1 rings (SSSR count). The van der Waals surface area contributed by atoms with Gasteiger partial charge in [0.1, 0.15) is 22.8 Å². The summed E-state index contributed by atoms with van der Waals surface area (Å²) in [6.45, 7) is 2.22. The van der Waals surface area contributed by atoms with Crippen LogP contribution in [0.5, 0.6) is 11.5 Å². The number of carbonyl (C=O) groups is 2. The number of Topliss-reactive ketones (excluding diaryl/α,β-unsaturated/α-hetero) is 1. The second-order valence-corrected chi connectivity index (χ2v) is 6.96. The van der Waals surface area contributed by atoms with Crippen LogP contribution in [0.3, 0.4) is 0 Å². The van der Waals surface area contributed by atoms with Gasteiger partial charge in [-0.25, -0.2) is 4.79 Å². The molecule has 0 bridgehead atoms. The Bertz CT molecular complexity index is 595. The van der Waals surface area contributed by atoms with E-state index >= 15 is 0 Å². The molecule has 0 fully saturated rings. The fourth-order valence-corrected chi connectivity index (χ4v) is 3.24. The zero-order chi connectivity index (χ0) is 20.1. The van der Waals surface area contributed by atoms with Gasteiger partial charge < -0.3 is 14.6 Å². The molecule has 0 aliphatic heterocycles. The van der Waals surface area contributed by atoms with Crippen molar-refractivity contribution in [2.75, 3.05) is 14.2 Å². The molecule has 0 spiro atoms. The van der Waals surface area contributed by atoms with Crippen molar-refractivity contribution in [2.45, 2.75) is 77.6 Å². The lowest BCUT2D eigenvalue weighted by atomic mass is 9.98. The zero-order valence-electron chi connectivity index (χ0n) is 17.0. The molecular weight excluding hydrogens is 344 g/mol. The molecule has 5 nitrogen and oxygen atoms in total. The van der Waals surface area contributed by atoms with Crippen molar-refractivity contribution in [1.29, 1.82) is 0 Å². The quantitative estimate of drug-likeness (QED) is 0.412. The van der Waals surface area contributed by atoms with E-state index in [0.29, 0.717) is 17.7 Å². The van der Waals surface area contributed by atoms with Crippen LogP contribution in [-0.2, 0) is 11.2 Å². The fourth-order valence-electron chi connectivity index (χ4n) is 3.24. The van der Waals surface area contributed by atoms with Crippen LogP contribution in [0.2, 0.25) is 0 Å². The molecule has 0 aromatic heterocycles. The summed E-state index contributed by atoms with van der Waals surface area (Å²) in [7, 11) is 2.91. The largest absolute Gasteiger partial charge is 0.497 e. The Morgan fingerprint density at radius 1 is 0.889 bits per heavy atom. The molecule has 27 heavy (non-hydrogen) atoms. The minimum Gasteiger partial charge on any atom is -0.497 e. The molecule has 0 unspecified atom stereocenters. The SMILES string of the molecule is CCCCCCCCCCCC(=O)Cc1cc(OC)cc(OC)c1C(=O)O. The van der Waals surface area contributed by atoms with E-state index in [1.165, 1.54) is 58.8 Å². The van der Waals surface area contributed by atoms with Crippen LogP contribution in [0, 0.1) is 0 Å². The Morgan fingerprint density at radius 3 is 2.00 bits per heavy atom. The monoisotopic (exact) mass is 378 g/mol. The van der Waals surface area contributed by atoms with Crippen LogP contribution >= 0.6 is 0 Å². The van der Waals surface area contributed by atoms with Gasteiger partial charge in [0.25, 0.3) is 0 Å². The van der Waals surface area contributed by atoms with Gasteiger partial charge in [-0.1, -0.05) is 58.3 Å². The van der Waals surface area contributed by atoms with Crippen molar-refractivity contribution in [1.82, 2.24) is 0 Å². The maximum absolute atomic E-state index is 12.3. The van der Waals surface area contributed by atoms with E-state index in [2.05, 4.69) is 6.92 Å². The van der Waals surface area contributed by atoms with E-state index in [9.17, 15) is 14.7 Å². The van der Waals surface area contributed by atoms with E-state index in [1.54, 1.807) is 6.07 Å². The standard InChI is InChI=1S/C22H34O5/c1-4-5-6-7-8-9-10-11-12-13-18(23)14-17-15-19(26-2)16-20(27-3)21(17)22(24)25/h15-16H,4-14H2,1-3H3,(H,24,25). The summed E-state index contributed by atoms with van der Waals surface area (Å²) in [4.78, 5) is 23.9. The number of hydrogen-bond acceptors (Lipinski definition) is 4. The summed E-state index contributed by atoms with van der Waals surface area (Å²) >= 11 is 0. The lowest BCUT2D eigenvalue weighted by Crippen LogP contribution is -2.11. The number of unbranched alkanes of at least 4 members (excludes halogenated alkanes) is 8. The second kappa shape index (κ2) is 13.2. The van der Waals surface area contributed by atoms with Gasteiger partial charge in [0.2, 0.25) is 0 Å². The van der Waals surface area contributed by atoms with Gasteiger partial charge >= 0.3 is 5.97 Å². The maximum Gasteiger partial charge on any atom is 0.339 e. The highest BCUT2D eigenvalue weighted by Gasteiger charge is 2.20. The number of carbonyl (C=O) groups excluding carboxylic acids is 1. The summed E-state index contributed by atoms with van der Waals surface area (Å²) in [5, 5.41) is 9.47. The number of ketones is 1. The Morgan fingerprint density at radius 2 is 1.48 bits per heavy atom. The van der Waals surface area contributed by atoms with Gasteiger partial charge in [-0.05, 0) is 18.1 Å². The molecule has 0 heterocycles. The average Bonchev–Trinajstić information content (AvgIpc) is 2.65. The van der Waals surface area contributed by atoms with E-state index in [1.807, 2.05) is 0 Å². The van der Waals surface area contributed by atoms with Crippen LogP contribution in [0.4, 0.5) is 0 Å². The van der Waals surface area contributed by atoms with Gasteiger partial charge in [0.05, 0.1) is 14.2 Å². The number of carboxylic acid groups (broad SMARTS) is 1. The third-order valence-electron chi connectivity index (χ3n) is 4.77. The summed E-state index contributed by atoms with van der Waals surface area (Å²) in [5.74, 6) is -0.341. The number of ether oxygens (including phenoxy) is 2. The van der Waals surface area contributed by atoms with Crippen LogP contribution in [0.15, 0.2) is 12.1 Å². The van der Waals surface area contributed by atoms with Crippen molar-refractivity contribution < 1.29 is 24.2 Å². The summed E-state index contributed by atoms with van der Waals surface area (Å²) in [6.07, 6.45) is 11.4. The maximum atomic E-state index is 12.3. The van der Waals surface area contributed by atoms with Gasteiger partial charge in [0, 0.05) is 18.9 Å². The van der Waals surface area contributed by atoms with E-state index in [0.717, 1.165) is 19.3 Å². The van der Waals surface area contributed by atoms with E-state index < -0.39 is 5.97 Å². The number of carboxylic acids is 1. The highest BCUT2D eigenvalue weighted by molar-refractivity contribution is 5.95. The molecule has 0 radical (unpaired) electrons. The number of hydrogen-bond donors (Lipinski definition) is 1. The van der Waals surface area contributed by atoms with Crippen molar-refractivity contribution in [3.8, 4) is 11.5 Å². The molecule has 0 saturated heterocycles. The van der Waals surface area contributed by atoms with Gasteiger partial charge in [0.15, 0.2) is 0 Å². The summed E-state index contributed by atoms with van der Waals surface area (Å²) < 4.78 is 10.3. The first-order chi connectivity index (χ1) is 13.0. The van der Waals surface area contributed by atoms with Crippen LogP contribution < -0.4 is 9.47 Å². The zero-order valence-corrected chi connectivity index (χ0v) is 17.0. The predicted octanol–water partition coefficient (Wildman–Crippen LogP) is 5.43. The third kappa shape index (κ3) is 8.46. The van der Waals surface area contributed by atoms with Gasteiger partial charge in [-0.15, -0.1) is 0 Å². The number of aromatic carboxylic acids is 1. The Kier molecular flexibility index (Phi) is 11.2. The lowest BCUT2D eigenvalue weighted by molar-refractivity contribution is -0.118. The molecule has 5 heteroatoms. The van der Waals surface area contributed by atoms with Crippen LogP contribution in [0.1, 0.15) is 87.1 Å². The van der Waals surface area contributed by atoms with Crippen molar-refractivity contribution in [3.05, 3.63) is 23.3 Å². The number of rotatable bonds is 15. The molecule has 152 valence electrons. The normalized spacial score (nSPS) is 10.6. The molecule has 1 aromatic carbocycles. The predicted molar refractivity (Wildman–Crippen MR) is 107 cm³/mol. The second-order valence-electron chi connectivity index (χ2n) is 6.96. The number of benzene rings is 1. The van der Waals surface area contributed by atoms with E-state index in [4.69, 9.17) is 9.47 Å². The molecule has 1 N–H and O–H groups in total. The molecule has 1 aromatic rings. The average molecular weight is 379 g/mol. The fraction of sp³-hybridized carbons (Fsp3) is 0.636. The van der Waals surface area contributed by atoms with Crippen molar-refractivity contribution >= 4 is 11.8 Å². The number of methoxy groups -OCH3 is 2. The van der Waals surface area contributed by atoms with Crippen molar-refractivity contribution in [2.24, 2.45) is 0 Å². The first-order valence-electron chi connectivity index (χ1n) is 10.0. The minimum absolute atomic E-state index is 0.0405. The lowest BCUT2D eigenvalue weighted by Gasteiger charge is -2.13. The highest BCUT2D eigenvalue weighted by Crippen LogP contribution is 2.29.